The van der Waals surface area contributed by atoms with Gasteiger partial charge in [0.15, 0.2) is 0 Å². The summed E-state index contributed by atoms with van der Waals surface area (Å²) in [5, 5.41) is 3.07. The number of anilines is 1. The van der Waals surface area contributed by atoms with Gasteiger partial charge in [-0.2, -0.15) is 0 Å². The number of amides is 2. The predicted octanol–water partition coefficient (Wildman–Crippen LogP) is 3.25. The Morgan fingerprint density at radius 3 is 2.05 bits per heavy atom. The number of hydrogen-bond donors (Lipinski definition) is 1. The van der Waals surface area contributed by atoms with Crippen LogP contribution in [0.4, 0.5) is 5.69 Å². The van der Waals surface area contributed by atoms with E-state index in [0.717, 1.165) is 22.4 Å². The number of nitrogens with one attached hydrogen (secondary N) is 1. The lowest BCUT2D eigenvalue weighted by Crippen LogP contribution is -2.59. The van der Waals surface area contributed by atoms with Crippen LogP contribution in [0.1, 0.15) is 29.5 Å². The number of benzene rings is 3. The molecule has 3 aromatic rings. The van der Waals surface area contributed by atoms with E-state index in [1.165, 1.54) is 10.6 Å². The number of fused-ring (bicyclic) bond motifs is 2. The van der Waals surface area contributed by atoms with Crippen LogP contribution in [0, 0.1) is 0 Å². The van der Waals surface area contributed by atoms with E-state index in [2.05, 4.69) is 5.32 Å². The van der Waals surface area contributed by atoms with E-state index in [1.807, 2.05) is 84.9 Å². The number of hydrogen-bond acceptors (Lipinski definition) is 4. The van der Waals surface area contributed by atoms with E-state index < -0.39 is 21.5 Å². The maximum Gasteiger partial charge on any atom is 0.244 e. The van der Waals surface area contributed by atoms with Crippen LogP contribution < -0.4 is 10.2 Å². The normalized spacial score (nSPS) is 18.9. The molecule has 2 aliphatic heterocycles. The van der Waals surface area contributed by atoms with E-state index in [-0.39, 0.29) is 18.2 Å². The number of carbonyl (C=O) groups is 2. The van der Waals surface area contributed by atoms with Gasteiger partial charge >= 0.3 is 0 Å². The smallest absolute Gasteiger partial charge is 0.244 e. The van der Waals surface area contributed by atoms with E-state index in [0.29, 0.717) is 32.5 Å². The van der Waals surface area contributed by atoms with Gasteiger partial charge in [-0.05, 0) is 35.6 Å². The molecule has 1 spiro atoms. The summed E-state index contributed by atoms with van der Waals surface area (Å²) in [7, 11) is -3.35. The average molecular weight is 518 g/mol. The summed E-state index contributed by atoms with van der Waals surface area (Å²) in [6.45, 7) is 0.950. The van der Waals surface area contributed by atoms with Crippen molar-refractivity contribution in [2.24, 2.45) is 0 Å². The highest BCUT2D eigenvalue weighted by atomic mass is 32.2. The standard InChI is InChI=1S/C29H31N3O4S/c1-37(35,36)31-18-16-29(17-19-31)24-14-8-9-15-25(24)32(26(33)20-22-10-4-2-5-11-22)27(29)28(34)30-21-23-12-6-3-7-13-23/h2-15,27H,16-21H2,1H3,(H,30,34). The van der Waals surface area contributed by atoms with Crippen molar-refractivity contribution in [3.8, 4) is 0 Å². The van der Waals surface area contributed by atoms with Crippen molar-refractivity contribution in [1.82, 2.24) is 9.62 Å². The SMILES string of the molecule is CS(=O)(=O)N1CCC2(CC1)c1ccccc1N(C(=O)Cc1ccccc1)C2C(=O)NCc1ccccc1. The van der Waals surface area contributed by atoms with Crippen molar-refractivity contribution in [1.29, 1.82) is 0 Å². The fourth-order valence-electron chi connectivity index (χ4n) is 5.78. The summed E-state index contributed by atoms with van der Waals surface area (Å²) < 4.78 is 26.0. The summed E-state index contributed by atoms with van der Waals surface area (Å²) in [5.74, 6) is -0.379. The number of piperidine rings is 1. The lowest BCUT2D eigenvalue weighted by Gasteiger charge is -2.43. The molecule has 37 heavy (non-hydrogen) atoms. The van der Waals surface area contributed by atoms with Crippen molar-refractivity contribution in [3.05, 3.63) is 102 Å². The van der Waals surface area contributed by atoms with Gasteiger partial charge in [-0.1, -0.05) is 78.9 Å². The summed E-state index contributed by atoms with van der Waals surface area (Å²) in [6.07, 6.45) is 2.29. The van der Waals surface area contributed by atoms with Crippen LogP contribution in [0.15, 0.2) is 84.9 Å². The molecular weight excluding hydrogens is 486 g/mol. The third-order valence-corrected chi connectivity index (χ3v) is 8.89. The number of sulfonamides is 1. The van der Waals surface area contributed by atoms with Gasteiger partial charge in [0.2, 0.25) is 21.8 Å². The van der Waals surface area contributed by atoms with Gasteiger partial charge in [0.25, 0.3) is 0 Å². The number of nitrogens with zero attached hydrogens (tertiary/aromatic N) is 2. The minimum Gasteiger partial charge on any atom is -0.350 e. The van der Waals surface area contributed by atoms with E-state index in [1.54, 1.807) is 4.90 Å². The Balaban J connectivity index is 1.52. The second kappa shape index (κ2) is 10.1. The predicted molar refractivity (Wildman–Crippen MR) is 143 cm³/mol. The fourth-order valence-corrected chi connectivity index (χ4v) is 6.63. The molecule has 0 radical (unpaired) electrons. The molecule has 2 aliphatic rings. The van der Waals surface area contributed by atoms with Gasteiger partial charge in [-0.25, -0.2) is 12.7 Å². The lowest BCUT2D eigenvalue weighted by molar-refractivity contribution is -0.128. The van der Waals surface area contributed by atoms with Crippen molar-refractivity contribution >= 4 is 27.5 Å². The Morgan fingerprint density at radius 2 is 1.43 bits per heavy atom. The zero-order chi connectivity index (χ0) is 26.0. The minimum absolute atomic E-state index is 0.152. The van der Waals surface area contributed by atoms with Gasteiger partial charge in [-0.15, -0.1) is 0 Å². The molecule has 8 heteroatoms. The molecular formula is C29H31N3O4S. The van der Waals surface area contributed by atoms with Crippen LogP contribution in [-0.4, -0.2) is 49.9 Å². The maximum atomic E-state index is 14.0. The topological polar surface area (TPSA) is 86.8 Å². The molecule has 1 atom stereocenters. The quantitative estimate of drug-likeness (QED) is 0.544. The Morgan fingerprint density at radius 1 is 0.865 bits per heavy atom. The zero-order valence-electron chi connectivity index (χ0n) is 20.8. The lowest BCUT2D eigenvalue weighted by atomic mass is 9.69. The molecule has 0 aliphatic carbocycles. The van der Waals surface area contributed by atoms with Gasteiger partial charge < -0.3 is 5.32 Å². The van der Waals surface area contributed by atoms with E-state index in [4.69, 9.17) is 0 Å². The number of rotatable bonds is 6. The van der Waals surface area contributed by atoms with Gasteiger partial charge in [0.1, 0.15) is 6.04 Å². The van der Waals surface area contributed by atoms with Crippen molar-refractivity contribution < 1.29 is 18.0 Å². The van der Waals surface area contributed by atoms with Crippen LogP contribution in [-0.2, 0) is 38.0 Å². The maximum absolute atomic E-state index is 14.0. The van der Waals surface area contributed by atoms with E-state index in [9.17, 15) is 18.0 Å². The summed E-state index contributed by atoms with van der Waals surface area (Å²) in [5.41, 5.74) is 2.83. The molecule has 2 amide bonds. The van der Waals surface area contributed by atoms with Crippen LogP contribution in [0.25, 0.3) is 0 Å². The minimum atomic E-state index is -3.35. The molecule has 0 aromatic heterocycles. The molecule has 7 nitrogen and oxygen atoms in total. The highest BCUT2D eigenvalue weighted by Gasteiger charge is 2.57. The van der Waals surface area contributed by atoms with Crippen LogP contribution in [0.3, 0.4) is 0 Å². The summed E-state index contributed by atoms with van der Waals surface area (Å²) in [4.78, 5) is 29.5. The van der Waals surface area contributed by atoms with E-state index >= 15 is 0 Å². The first-order chi connectivity index (χ1) is 17.8. The number of carbonyl (C=O) groups excluding carboxylic acids is 2. The Hall–Kier alpha value is -3.49. The molecule has 2 heterocycles. The first-order valence-corrected chi connectivity index (χ1v) is 14.4. The highest BCUT2D eigenvalue weighted by Crippen LogP contribution is 2.51. The molecule has 5 rings (SSSR count). The summed E-state index contributed by atoms with van der Waals surface area (Å²) in [6, 6.07) is 26.1. The molecule has 1 fully saturated rings. The molecule has 3 aromatic carbocycles. The van der Waals surface area contributed by atoms with Gasteiger partial charge in [0.05, 0.1) is 12.7 Å². The Bertz CT molecular complexity index is 1380. The van der Waals surface area contributed by atoms with Crippen LogP contribution in [0.2, 0.25) is 0 Å². The number of para-hydroxylation sites is 1. The molecule has 1 N–H and O–H groups in total. The van der Waals surface area contributed by atoms with Crippen LogP contribution in [0.5, 0.6) is 0 Å². The zero-order valence-corrected chi connectivity index (χ0v) is 21.7. The Labute approximate surface area is 218 Å². The molecule has 192 valence electrons. The molecule has 0 saturated carbocycles. The molecule has 1 saturated heterocycles. The van der Waals surface area contributed by atoms with Gasteiger partial charge in [-0.3, -0.25) is 14.5 Å². The fraction of sp³-hybridized carbons (Fsp3) is 0.310. The second-order valence-electron chi connectivity index (χ2n) is 9.87. The molecule has 1 unspecified atom stereocenters. The van der Waals surface area contributed by atoms with Gasteiger partial charge in [0, 0.05) is 30.7 Å². The van der Waals surface area contributed by atoms with Crippen molar-refractivity contribution in [3.63, 3.8) is 0 Å². The first kappa shape index (κ1) is 25.2. The third kappa shape index (κ3) is 4.91. The van der Waals surface area contributed by atoms with Crippen molar-refractivity contribution in [2.45, 2.75) is 37.3 Å². The average Bonchev–Trinajstić information content (AvgIpc) is 3.18. The Kier molecular flexibility index (Phi) is 6.88. The highest BCUT2D eigenvalue weighted by molar-refractivity contribution is 7.88. The van der Waals surface area contributed by atoms with Crippen LogP contribution >= 0.6 is 0 Å². The third-order valence-electron chi connectivity index (χ3n) is 7.59. The largest absolute Gasteiger partial charge is 0.350 e. The molecule has 0 bridgehead atoms. The second-order valence-corrected chi connectivity index (χ2v) is 11.8. The summed E-state index contributed by atoms with van der Waals surface area (Å²) >= 11 is 0. The first-order valence-electron chi connectivity index (χ1n) is 12.5. The monoisotopic (exact) mass is 517 g/mol. The van der Waals surface area contributed by atoms with Crippen molar-refractivity contribution in [2.75, 3.05) is 24.2 Å².